The van der Waals surface area contributed by atoms with Gasteiger partial charge in [-0.3, -0.25) is 4.79 Å². The van der Waals surface area contributed by atoms with Crippen LogP contribution in [-0.4, -0.2) is 11.5 Å². The van der Waals surface area contributed by atoms with Crippen molar-refractivity contribution < 1.29 is 0 Å². The van der Waals surface area contributed by atoms with Gasteiger partial charge in [-0.05, 0) is 47.7 Å². The average Bonchev–Trinajstić information content (AvgIpc) is 3.12. The van der Waals surface area contributed by atoms with Gasteiger partial charge in [0, 0.05) is 22.3 Å². The zero-order chi connectivity index (χ0) is 17.4. The number of thiophene rings is 1. The van der Waals surface area contributed by atoms with Crippen LogP contribution in [-0.2, 0) is 0 Å². The van der Waals surface area contributed by atoms with E-state index in [9.17, 15) is 4.79 Å². The summed E-state index contributed by atoms with van der Waals surface area (Å²) >= 11 is 1.49. The van der Waals surface area contributed by atoms with Crippen LogP contribution in [0.3, 0.4) is 0 Å². The lowest BCUT2D eigenvalue weighted by molar-refractivity contribution is 0.598. The van der Waals surface area contributed by atoms with E-state index in [1.54, 1.807) is 0 Å². The van der Waals surface area contributed by atoms with Crippen molar-refractivity contribution >= 4 is 32.3 Å². The molecule has 2 heterocycles. The molecule has 25 heavy (non-hydrogen) atoms. The Morgan fingerprint density at radius 1 is 1.12 bits per heavy atom. The minimum Gasteiger partial charge on any atom is -0.321 e. The van der Waals surface area contributed by atoms with E-state index in [2.05, 4.69) is 54.5 Å². The van der Waals surface area contributed by atoms with Crippen molar-refractivity contribution in [2.24, 2.45) is 0 Å². The summed E-state index contributed by atoms with van der Waals surface area (Å²) in [7, 11) is 0. The summed E-state index contributed by atoms with van der Waals surface area (Å²) in [6.07, 6.45) is 0. The quantitative estimate of drug-likeness (QED) is 0.540. The lowest BCUT2D eigenvalue weighted by atomic mass is 9.96. The van der Waals surface area contributed by atoms with Crippen LogP contribution < -0.4 is 10.9 Å². The molecule has 2 N–H and O–H groups in total. The number of fused-ring (bicyclic) bond motifs is 3. The van der Waals surface area contributed by atoms with E-state index in [1.165, 1.54) is 16.9 Å². The van der Waals surface area contributed by atoms with Crippen molar-refractivity contribution in [3.05, 3.63) is 69.8 Å². The molecule has 2 aromatic heterocycles. The molecule has 0 fully saturated rings. The third-order valence-corrected chi connectivity index (χ3v) is 5.60. The highest BCUT2D eigenvalue weighted by atomic mass is 32.1. The molecule has 2 aromatic carbocycles. The standard InChI is InChI=1S/C21H20N2OS/c1-3-22-13(2)14-7-9-15(10-8-14)16-5-4-6-18-19(16)17-11-12-25-20(17)21(24)23-18/h4-13,22H,3H2,1-2H3,(H,23,24). The summed E-state index contributed by atoms with van der Waals surface area (Å²) in [5, 5.41) is 7.57. The second kappa shape index (κ2) is 6.47. The number of benzene rings is 2. The van der Waals surface area contributed by atoms with Crippen molar-refractivity contribution in [3.8, 4) is 11.1 Å². The highest BCUT2D eigenvalue weighted by Crippen LogP contribution is 2.34. The first-order chi connectivity index (χ1) is 12.2. The first-order valence-corrected chi connectivity index (χ1v) is 9.43. The number of hydrogen-bond acceptors (Lipinski definition) is 3. The van der Waals surface area contributed by atoms with Crippen molar-refractivity contribution in [1.29, 1.82) is 0 Å². The van der Waals surface area contributed by atoms with Gasteiger partial charge < -0.3 is 10.3 Å². The van der Waals surface area contributed by atoms with Crippen LogP contribution in [0, 0.1) is 0 Å². The molecular weight excluding hydrogens is 328 g/mol. The topological polar surface area (TPSA) is 44.9 Å². The molecule has 1 unspecified atom stereocenters. The number of aromatic nitrogens is 1. The summed E-state index contributed by atoms with van der Waals surface area (Å²) in [5.74, 6) is 0. The van der Waals surface area contributed by atoms with Gasteiger partial charge in [-0.25, -0.2) is 0 Å². The zero-order valence-electron chi connectivity index (χ0n) is 14.3. The Kier molecular flexibility index (Phi) is 4.15. The molecule has 0 amide bonds. The van der Waals surface area contributed by atoms with Gasteiger partial charge in [0.15, 0.2) is 0 Å². The molecule has 0 saturated carbocycles. The first kappa shape index (κ1) is 16.1. The number of nitrogens with one attached hydrogen (secondary N) is 2. The molecule has 4 rings (SSSR count). The number of aromatic amines is 1. The Morgan fingerprint density at radius 2 is 1.92 bits per heavy atom. The number of H-pyrrole nitrogens is 1. The predicted molar refractivity (Wildman–Crippen MR) is 107 cm³/mol. The van der Waals surface area contributed by atoms with E-state index in [1.807, 2.05) is 23.6 Å². The van der Waals surface area contributed by atoms with Crippen LogP contribution in [0.5, 0.6) is 0 Å². The third kappa shape index (κ3) is 2.77. The van der Waals surface area contributed by atoms with Crippen LogP contribution in [0.15, 0.2) is 58.7 Å². The highest BCUT2D eigenvalue weighted by molar-refractivity contribution is 7.17. The summed E-state index contributed by atoms with van der Waals surface area (Å²) in [6, 6.07) is 17.2. The first-order valence-electron chi connectivity index (χ1n) is 8.55. The largest absolute Gasteiger partial charge is 0.321 e. The van der Waals surface area contributed by atoms with Crippen LogP contribution in [0.2, 0.25) is 0 Å². The van der Waals surface area contributed by atoms with Crippen LogP contribution in [0.25, 0.3) is 32.1 Å². The summed E-state index contributed by atoms with van der Waals surface area (Å²) < 4.78 is 0.789. The van der Waals surface area contributed by atoms with Gasteiger partial charge in [0.05, 0.1) is 0 Å². The van der Waals surface area contributed by atoms with Crippen molar-refractivity contribution in [2.75, 3.05) is 6.54 Å². The normalized spacial score (nSPS) is 12.7. The van der Waals surface area contributed by atoms with E-state index in [0.29, 0.717) is 6.04 Å². The predicted octanol–water partition coefficient (Wildman–Crippen LogP) is 5.08. The Morgan fingerprint density at radius 3 is 2.68 bits per heavy atom. The molecule has 0 aliphatic rings. The highest BCUT2D eigenvalue weighted by Gasteiger charge is 2.12. The third-order valence-electron chi connectivity index (χ3n) is 4.69. The SMILES string of the molecule is CCNC(C)c1ccc(-c2cccc3[nH]c(=O)c4sccc4c23)cc1. The van der Waals surface area contributed by atoms with Gasteiger partial charge in [0.25, 0.3) is 5.56 Å². The van der Waals surface area contributed by atoms with Gasteiger partial charge in [0.1, 0.15) is 4.70 Å². The van der Waals surface area contributed by atoms with E-state index in [0.717, 1.165) is 38.7 Å². The van der Waals surface area contributed by atoms with Crippen LogP contribution >= 0.6 is 11.3 Å². The Hall–Kier alpha value is -2.43. The molecule has 4 aromatic rings. The number of pyridine rings is 1. The second-order valence-electron chi connectivity index (χ2n) is 6.25. The Balaban J connectivity index is 1.89. The molecule has 126 valence electrons. The summed E-state index contributed by atoms with van der Waals surface area (Å²) in [5.41, 5.74) is 4.47. The lowest BCUT2D eigenvalue weighted by Gasteiger charge is -2.14. The Bertz CT molecular complexity index is 1090. The molecule has 0 saturated heterocycles. The molecular formula is C21H20N2OS. The maximum Gasteiger partial charge on any atom is 0.266 e. The summed E-state index contributed by atoms with van der Waals surface area (Å²) in [6.45, 7) is 5.25. The average molecular weight is 348 g/mol. The number of rotatable bonds is 4. The maximum absolute atomic E-state index is 12.2. The fourth-order valence-corrected chi connectivity index (χ4v) is 4.22. The molecule has 0 aliphatic heterocycles. The van der Waals surface area contributed by atoms with E-state index in [-0.39, 0.29) is 5.56 Å². The fraction of sp³-hybridized carbons (Fsp3) is 0.190. The molecule has 3 nitrogen and oxygen atoms in total. The van der Waals surface area contributed by atoms with E-state index < -0.39 is 0 Å². The minimum atomic E-state index is -0.00976. The van der Waals surface area contributed by atoms with Gasteiger partial charge in [0.2, 0.25) is 0 Å². The fourth-order valence-electron chi connectivity index (χ4n) is 3.42. The smallest absolute Gasteiger partial charge is 0.266 e. The van der Waals surface area contributed by atoms with Gasteiger partial charge in [-0.15, -0.1) is 11.3 Å². The van der Waals surface area contributed by atoms with E-state index >= 15 is 0 Å². The zero-order valence-corrected chi connectivity index (χ0v) is 15.1. The van der Waals surface area contributed by atoms with Gasteiger partial charge in [-0.2, -0.15) is 0 Å². The molecule has 0 radical (unpaired) electrons. The van der Waals surface area contributed by atoms with E-state index in [4.69, 9.17) is 0 Å². The van der Waals surface area contributed by atoms with Crippen LogP contribution in [0.4, 0.5) is 0 Å². The Labute approximate surface area is 150 Å². The van der Waals surface area contributed by atoms with Crippen LogP contribution in [0.1, 0.15) is 25.5 Å². The van der Waals surface area contributed by atoms with Crippen molar-refractivity contribution in [1.82, 2.24) is 10.3 Å². The number of hydrogen-bond donors (Lipinski definition) is 2. The van der Waals surface area contributed by atoms with Crippen molar-refractivity contribution in [3.63, 3.8) is 0 Å². The van der Waals surface area contributed by atoms with Gasteiger partial charge in [-0.1, -0.05) is 43.3 Å². The van der Waals surface area contributed by atoms with Gasteiger partial charge >= 0.3 is 0 Å². The monoisotopic (exact) mass is 348 g/mol. The molecule has 1 atom stereocenters. The van der Waals surface area contributed by atoms with Crippen molar-refractivity contribution in [2.45, 2.75) is 19.9 Å². The molecule has 4 heteroatoms. The molecule has 0 bridgehead atoms. The second-order valence-corrected chi connectivity index (χ2v) is 7.16. The molecule has 0 spiro atoms. The summed E-state index contributed by atoms with van der Waals surface area (Å²) in [4.78, 5) is 15.3. The maximum atomic E-state index is 12.2. The molecule has 0 aliphatic carbocycles. The lowest BCUT2D eigenvalue weighted by Crippen LogP contribution is -2.17. The minimum absolute atomic E-state index is 0.00976.